The summed E-state index contributed by atoms with van der Waals surface area (Å²) in [7, 11) is 1.91. The van der Waals surface area contributed by atoms with Crippen molar-refractivity contribution >= 4 is 17.0 Å². The quantitative estimate of drug-likeness (QED) is 0.506. The van der Waals surface area contributed by atoms with Crippen LogP contribution in [0.5, 0.6) is 17.2 Å². The molecule has 0 bridgehead atoms. The van der Waals surface area contributed by atoms with Gasteiger partial charge in [-0.25, -0.2) is 9.78 Å². The Morgan fingerprint density at radius 3 is 2.52 bits per heavy atom. The van der Waals surface area contributed by atoms with Gasteiger partial charge in [-0.15, -0.1) is 0 Å². The fourth-order valence-electron chi connectivity index (χ4n) is 3.02. The van der Waals surface area contributed by atoms with Crippen LogP contribution in [0.2, 0.25) is 0 Å². The molecule has 0 saturated heterocycles. The number of hydrogen-bond acceptors (Lipinski definition) is 4. The standard InChI is InChI=1S/C23H20N2O4/c1-15-6-8-17(9-7-15)29-19-10-11-20-21(13-19)25(2)22(24-20)14-28-18-5-3-4-16(12-18)23(26)27/h3-13H,14H2,1-2H3,(H,26,27). The molecule has 0 unspecified atom stereocenters. The van der Waals surface area contributed by atoms with Gasteiger partial charge in [0.25, 0.3) is 0 Å². The van der Waals surface area contributed by atoms with Crippen LogP contribution in [-0.4, -0.2) is 20.6 Å². The summed E-state index contributed by atoms with van der Waals surface area (Å²) in [4.78, 5) is 15.7. The number of imidazole rings is 1. The maximum Gasteiger partial charge on any atom is 0.335 e. The van der Waals surface area contributed by atoms with Crippen molar-refractivity contribution < 1.29 is 19.4 Å². The van der Waals surface area contributed by atoms with E-state index in [0.717, 1.165) is 28.4 Å². The van der Waals surface area contributed by atoms with E-state index in [0.29, 0.717) is 5.75 Å². The molecule has 1 N–H and O–H groups in total. The van der Waals surface area contributed by atoms with Gasteiger partial charge in [-0.2, -0.15) is 0 Å². The van der Waals surface area contributed by atoms with Crippen molar-refractivity contribution in [2.45, 2.75) is 13.5 Å². The van der Waals surface area contributed by atoms with Gasteiger partial charge in [-0.05, 0) is 49.4 Å². The van der Waals surface area contributed by atoms with E-state index in [1.807, 2.05) is 61.0 Å². The smallest absolute Gasteiger partial charge is 0.335 e. The Labute approximate surface area is 168 Å². The van der Waals surface area contributed by atoms with Crippen molar-refractivity contribution in [3.8, 4) is 17.2 Å². The first-order chi connectivity index (χ1) is 14.0. The summed E-state index contributed by atoms with van der Waals surface area (Å²) in [6, 6.07) is 20.0. The molecule has 1 aromatic heterocycles. The molecule has 1 heterocycles. The van der Waals surface area contributed by atoms with Crippen LogP contribution in [0.4, 0.5) is 0 Å². The summed E-state index contributed by atoms with van der Waals surface area (Å²) in [6.45, 7) is 2.26. The number of fused-ring (bicyclic) bond motifs is 1. The fourth-order valence-corrected chi connectivity index (χ4v) is 3.02. The summed E-state index contributed by atoms with van der Waals surface area (Å²) in [5.41, 5.74) is 3.12. The van der Waals surface area contributed by atoms with Crippen molar-refractivity contribution in [2.24, 2.45) is 7.05 Å². The summed E-state index contributed by atoms with van der Waals surface area (Å²) >= 11 is 0. The SMILES string of the molecule is Cc1ccc(Oc2ccc3nc(COc4cccc(C(=O)O)c4)n(C)c3c2)cc1. The molecule has 4 aromatic rings. The Morgan fingerprint density at radius 1 is 1.00 bits per heavy atom. The number of aryl methyl sites for hydroxylation is 2. The Balaban J connectivity index is 1.53. The minimum Gasteiger partial charge on any atom is -0.486 e. The third kappa shape index (κ3) is 4.06. The number of aromatic nitrogens is 2. The number of ether oxygens (including phenoxy) is 2. The van der Waals surface area contributed by atoms with Crippen molar-refractivity contribution in [3.05, 3.63) is 83.7 Å². The Morgan fingerprint density at radius 2 is 1.76 bits per heavy atom. The number of nitrogens with zero attached hydrogens (tertiary/aromatic N) is 2. The summed E-state index contributed by atoms with van der Waals surface area (Å²) in [6.07, 6.45) is 0. The molecule has 0 saturated carbocycles. The van der Waals surface area contributed by atoms with Gasteiger partial charge >= 0.3 is 5.97 Å². The largest absolute Gasteiger partial charge is 0.486 e. The second-order valence-corrected chi connectivity index (χ2v) is 6.77. The minimum atomic E-state index is -0.987. The molecule has 0 aliphatic rings. The number of carbonyl (C=O) groups is 1. The average molecular weight is 388 g/mol. The third-order valence-electron chi connectivity index (χ3n) is 4.65. The zero-order valence-electron chi connectivity index (χ0n) is 16.1. The highest BCUT2D eigenvalue weighted by Gasteiger charge is 2.11. The number of carboxylic acid groups (broad SMARTS) is 1. The molecule has 146 valence electrons. The molecule has 29 heavy (non-hydrogen) atoms. The molecule has 6 nitrogen and oxygen atoms in total. The highest BCUT2D eigenvalue weighted by molar-refractivity contribution is 5.88. The van der Waals surface area contributed by atoms with E-state index in [4.69, 9.17) is 14.6 Å². The van der Waals surface area contributed by atoms with Gasteiger partial charge < -0.3 is 19.1 Å². The first-order valence-electron chi connectivity index (χ1n) is 9.15. The predicted molar refractivity (Wildman–Crippen MR) is 110 cm³/mol. The number of hydrogen-bond donors (Lipinski definition) is 1. The summed E-state index contributed by atoms with van der Waals surface area (Å²) < 4.78 is 13.6. The zero-order chi connectivity index (χ0) is 20.4. The normalized spacial score (nSPS) is 10.8. The van der Waals surface area contributed by atoms with Crippen LogP contribution in [0.3, 0.4) is 0 Å². The van der Waals surface area contributed by atoms with Gasteiger partial charge in [0, 0.05) is 13.1 Å². The molecule has 0 radical (unpaired) electrons. The molecule has 3 aromatic carbocycles. The van der Waals surface area contributed by atoms with Crippen LogP contribution in [0.15, 0.2) is 66.7 Å². The number of benzene rings is 3. The molecule has 6 heteroatoms. The highest BCUT2D eigenvalue weighted by atomic mass is 16.5. The maximum absolute atomic E-state index is 11.1. The molecular formula is C23H20N2O4. The van der Waals surface area contributed by atoms with Gasteiger partial charge in [-0.1, -0.05) is 23.8 Å². The van der Waals surface area contributed by atoms with E-state index in [1.165, 1.54) is 17.7 Å². The van der Waals surface area contributed by atoms with Gasteiger partial charge in [-0.3, -0.25) is 0 Å². The first-order valence-corrected chi connectivity index (χ1v) is 9.15. The van der Waals surface area contributed by atoms with E-state index in [1.54, 1.807) is 12.1 Å². The second-order valence-electron chi connectivity index (χ2n) is 6.77. The molecule has 4 rings (SSSR count). The molecule has 0 aliphatic carbocycles. The van der Waals surface area contributed by atoms with Gasteiger partial charge in [0.05, 0.1) is 16.6 Å². The van der Waals surface area contributed by atoms with Crippen LogP contribution in [0.25, 0.3) is 11.0 Å². The maximum atomic E-state index is 11.1. The van der Waals surface area contributed by atoms with Crippen molar-refractivity contribution in [3.63, 3.8) is 0 Å². The van der Waals surface area contributed by atoms with Gasteiger partial charge in [0.1, 0.15) is 29.7 Å². The monoisotopic (exact) mass is 388 g/mol. The lowest BCUT2D eigenvalue weighted by Crippen LogP contribution is -2.04. The first kappa shape index (κ1) is 18.6. The van der Waals surface area contributed by atoms with E-state index < -0.39 is 5.97 Å². The second kappa shape index (κ2) is 7.67. The lowest BCUT2D eigenvalue weighted by molar-refractivity contribution is 0.0696. The summed E-state index contributed by atoms with van der Waals surface area (Å²) in [5, 5.41) is 9.10. The molecule has 0 spiro atoms. The number of aromatic carboxylic acids is 1. The van der Waals surface area contributed by atoms with Crippen molar-refractivity contribution in [2.75, 3.05) is 0 Å². The Bertz CT molecular complexity index is 1180. The Kier molecular flexibility index (Phi) is 4.91. The van der Waals surface area contributed by atoms with Crippen LogP contribution >= 0.6 is 0 Å². The minimum absolute atomic E-state index is 0.186. The van der Waals surface area contributed by atoms with Gasteiger partial charge in [0.2, 0.25) is 0 Å². The van der Waals surface area contributed by atoms with E-state index >= 15 is 0 Å². The summed E-state index contributed by atoms with van der Waals surface area (Å²) in [5.74, 6) is 1.73. The van der Waals surface area contributed by atoms with Crippen molar-refractivity contribution in [1.82, 2.24) is 9.55 Å². The Hall–Kier alpha value is -3.80. The van der Waals surface area contributed by atoms with Gasteiger partial charge in [0.15, 0.2) is 0 Å². The number of rotatable bonds is 6. The van der Waals surface area contributed by atoms with E-state index in [-0.39, 0.29) is 12.2 Å². The molecule has 0 fully saturated rings. The van der Waals surface area contributed by atoms with Crippen LogP contribution in [0.1, 0.15) is 21.7 Å². The highest BCUT2D eigenvalue weighted by Crippen LogP contribution is 2.26. The number of carboxylic acids is 1. The van der Waals surface area contributed by atoms with Crippen LogP contribution in [0, 0.1) is 6.92 Å². The van der Waals surface area contributed by atoms with E-state index in [2.05, 4.69) is 4.98 Å². The van der Waals surface area contributed by atoms with Crippen LogP contribution < -0.4 is 9.47 Å². The van der Waals surface area contributed by atoms with E-state index in [9.17, 15) is 4.79 Å². The lowest BCUT2D eigenvalue weighted by atomic mass is 10.2. The fraction of sp³-hybridized carbons (Fsp3) is 0.130. The molecule has 0 aliphatic heterocycles. The third-order valence-corrected chi connectivity index (χ3v) is 4.65. The topological polar surface area (TPSA) is 73.6 Å². The van der Waals surface area contributed by atoms with Crippen molar-refractivity contribution in [1.29, 1.82) is 0 Å². The molecule has 0 atom stereocenters. The average Bonchev–Trinajstić information content (AvgIpc) is 3.04. The predicted octanol–water partition coefficient (Wildman–Crippen LogP) is 4.95. The van der Waals surface area contributed by atoms with Crippen LogP contribution in [-0.2, 0) is 13.7 Å². The molecule has 0 amide bonds. The lowest BCUT2D eigenvalue weighted by Gasteiger charge is -2.08. The molecular weight excluding hydrogens is 368 g/mol. The zero-order valence-corrected chi connectivity index (χ0v) is 16.1.